The fraction of sp³-hybridized carbons (Fsp3) is 0.500. The van der Waals surface area contributed by atoms with Gasteiger partial charge in [-0.25, -0.2) is 4.39 Å². The van der Waals surface area contributed by atoms with E-state index >= 15 is 0 Å². The Bertz CT molecular complexity index is 974. The highest BCUT2D eigenvalue weighted by molar-refractivity contribution is 7.15. The molecule has 1 atom stereocenters. The van der Waals surface area contributed by atoms with Gasteiger partial charge in [-0.3, -0.25) is 14.4 Å². The van der Waals surface area contributed by atoms with Crippen LogP contribution in [0.3, 0.4) is 0 Å². The van der Waals surface area contributed by atoms with Crippen LogP contribution >= 0.6 is 11.3 Å². The Balaban J connectivity index is 1.34. The van der Waals surface area contributed by atoms with Crippen LogP contribution in [0.2, 0.25) is 0 Å². The summed E-state index contributed by atoms with van der Waals surface area (Å²) in [6, 6.07) is 5.59. The molecule has 170 valence electrons. The molecule has 0 bridgehead atoms. The summed E-state index contributed by atoms with van der Waals surface area (Å²) in [6.45, 7) is 0.886. The molecule has 32 heavy (non-hydrogen) atoms. The minimum Gasteiger partial charge on any atom is -0.353 e. The van der Waals surface area contributed by atoms with Gasteiger partial charge in [0, 0.05) is 24.8 Å². The van der Waals surface area contributed by atoms with E-state index in [1.54, 1.807) is 4.90 Å². The summed E-state index contributed by atoms with van der Waals surface area (Å²) in [7, 11) is 0. The molecule has 1 saturated carbocycles. The van der Waals surface area contributed by atoms with Crippen LogP contribution in [-0.2, 0) is 4.79 Å². The average Bonchev–Trinajstić information content (AvgIpc) is 3.31. The predicted molar refractivity (Wildman–Crippen MR) is 118 cm³/mol. The molecule has 1 unspecified atom stereocenters. The largest absolute Gasteiger partial charge is 0.353 e. The summed E-state index contributed by atoms with van der Waals surface area (Å²) in [5, 5.41) is 13.6. The number of aromatic nitrogens is 2. The van der Waals surface area contributed by atoms with Gasteiger partial charge in [0.25, 0.3) is 11.8 Å². The summed E-state index contributed by atoms with van der Waals surface area (Å²) >= 11 is 0.903. The van der Waals surface area contributed by atoms with E-state index in [4.69, 9.17) is 0 Å². The number of nitrogens with zero attached hydrogens (tertiary/aromatic N) is 3. The van der Waals surface area contributed by atoms with Gasteiger partial charge >= 0.3 is 0 Å². The van der Waals surface area contributed by atoms with E-state index in [2.05, 4.69) is 20.8 Å². The number of anilines is 1. The number of amides is 3. The van der Waals surface area contributed by atoms with Crippen molar-refractivity contribution in [2.75, 3.05) is 18.4 Å². The maximum absolute atomic E-state index is 13.0. The van der Waals surface area contributed by atoms with Crippen molar-refractivity contribution in [1.29, 1.82) is 0 Å². The molecule has 8 nitrogen and oxygen atoms in total. The van der Waals surface area contributed by atoms with Gasteiger partial charge in [-0.05, 0) is 49.9 Å². The number of halogens is 1. The Morgan fingerprint density at radius 1 is 0.969 bits per heavy atom. The van der Waals surface area contributed by atoms with E-state index in [1.165, 1.54) is 30.7 Å². The second kappa shape index (κ2) is 10.2. The predicted octanol–water partition coefficient (Wildman–Crippen LogP) is 3.23. The van der Waals surface area contributed by atoms with Crippen molar-refractivity contribution in [3.05, 3.63) is 40.1 Å². The highest BCUT2D eigenvalue weighted by atomic mass is 32.1. The molecule has 2 fully saturated rings. The molecule has 10 heteroatoms. The molecule has 1 aliphatic heterocycles. The zero-order valence-electron chi connectivity index (χ0n) is 17.7. The van der Waals surface area contributed by atoms with E-state index in [9.17, 15) is 18.8 Å². The number of likely N-dealkylation sites (tertiary alicyclic amines) is 1. The van der Waals surface area contributed by atoms with Crippen molar-refractivity contribution < 1.29 is 18.8 Å². The zero-order valence-corrected chi connectivity index (χ0v) is 18.5. The molecule has 0 spiro atoms. The van der Waals surface area contributed by atoms with Crippen LogP contribution in [0.4, 0.5) is 10.1 Å². The first-order valence-corrected chi connectivity index (χ1v) is 11.8. The summed E-state index contributed by atoms with van der Waals surface area (Å²) < 4.78 is 13.0. The molecular weight excluding hydrogens is 433 g/mol. The fourth-order valence-corrected chi connectivity index (χ4v) is 4.90. The standard InChI is InChI=1S/C22H26FN5O3S/c23-15-8-10-17(11-9-15)25-19(30)20-26-27-21(32-20)22(31)28-12-4-5-14(13-28)18(29)24-16-6-2-1-3-7-16/h8-11,14,16H,1-7,12-13H2,(H,24,29)(H,25,30). The highest BCUT2D eigenvalue weighted by Gasteiger charge is 2.32. The molecule has 4 rings (SSSR count). The van der Waals surface area contributed by atoms with Gasteiger partial charge in [-0.2, -0.15) is 0 Å². The number of hydrogen-bond acceptors (Lipinski definition) is 6. The number of benzene rings is 1. The van der Waals surface area contributed by atoms with E-state index in [0.717, 1.165) is 49.9 Å². The first kappa shape index (κ1) is 22.3. The fourth-order valence-electron chi connectivity index (χ4n) is 4.20. The number of hydrogen-bond donors (Lipinski definition) is 2. The van der Waals surface area contributed by atoms with Crippen LogP contribution in [0.5, 0.6) is 0 Å². The van der Waals surface area contributed by atoms with Gasteiger partial charge in [0.15, 0.2) is 0 Å². The third kappa shape index (κ3) is 5.48. The van der Waals surface area contributed by atoms with Crippen LogP contribution in [0.1, 0.15) is 64.6 Å². The Kier molecular flexibility index (Phi) is 7.09. The third-order valence-corrected chi connectivity index (χ3v) is 6.85. The molecule has 1 saturated heterocycles. The van der Waals surface area contributed by atoms with Gasteiger partial charge in [0.2, 0.25) is 15.9 Å². The molecule has 2 aliphatic rings. The van der Waals surface area contributed by atoms with Crippen molar-refractivity contribution in [2.24, 2.45) is 5.92 Å². The quantitative estimate of drug-likeness (QED) is 0.714. The van der Waals surface area contributed by atoms with Crippen LogP contribution in [-0.4, -0.2) is 52.0 Å². The lowest BCUT2D eigenvalue weighted by Crippen LogP contribution is -2.47. The van der Waals surface area contributed by atoms with Crippen LogP contribution in [0.15, 0.2) is 24.3 Å². The Labute approximate surface area is 189 Å². The minimum absolute atomic E-state index is 0.0195. The highest BCUT2D eigenvalue weighted by Crippen LogP contribution is 2.23. The lowest BCUT2D eigenvalue weighted by Gasteiger charge is -2.33. The van der Waals surface area contributed by atoms with Crippen LogP contribution < -0.4 is 10.6 Å². The van der Waals surface area contributed by atoms with Gasteiger partial charge in [0.1, 0.15) is 5.82 Å². The maximum atomic E-state index is 13.0. The Morgan fingerprint density at radius 2 is 1.69 bits per heavy atom. The summed E-state index contributed by atoms with van der Waals surface area (Å²) in [4.78, 5) is 39.6. The monoisotopic (exact) mass is 459 g/mol. The van der Waals surface area contributed by atoms with E-state index in [0.29, 0.717) is 18.8 Å². The number of carbonyl (C=O) groups is 3. The Hall–Kier alpha value is -2.88. The van der Waals surface area contributed by atoms with Crippen molar-refractivity contribution >= 4 is 34.7 Å². The lowest BCUT2D eigenvalue weighted by atomic mass is 9.93. The SMILES string of the molecule is O=C(Nc1ccc(F)cc1)c1nnc(C(=O)N2CCCC(C(=O)NC3CCCCC3)C2)s1. The van der Waals surface area contributed by atoms with Crippen molar-refractivity contribution in [1.82, 2.24) is 20.4 Å². The molecule has 2 heterocycles. The van der Waals surface area contributed by atoms with Crippen molar-refractivity contribution in [3.8, 4) is 0 Å². The average molecular weight is 460 g/mol. The number of carbonyl (C=O) groups excluding carboxylic acids is 3. The van der Waals surface area contributed by atoms with Gasteiger partial charge in [-0.1, -0.05) is 30.6 Å². The van der Waals surface area contributed by atoms with Gasteiger partial charge < -0.3 is 15.5 Å². The smallest absolute Gasteiger partial charge is 0.286 e. The minimum atomic E-state index is -0.517. The van der Waals surface area contributed by atoms with Crippen molar-refractivity contribution in [2.45, 2.75) is 51.0 Å². The second-order valence-corrected chi connectivity index (χ2v) is 9.28. The van der Waals surface area contributed by atoms with Gasteiger partial charge in [-0.15, -0.1) is 10.2 Å². The topological polar surface area (TPSA) is 104 Å². The summed E-state index contributed by atoms with van der Waals surface area (Å²) in [5.41, 5.74) is 0.419. The van der Waals surface area contributed by atoms with Crippen molar-refractivity contribution in [3.63, 3.8) is 0 Å². The molecule has 1 aromatic carbocycles. The second-order valence-electron chi connectivity index (χ2n) is 8.31. The number of piperidine rings is 1. The number of rotatable bonds is 5. The molecule has 0 radical (unpaired) electrons. The lowest BCUT2D eigenvalue weighted by molar-refractivity contribution is -0.127. The third-order valence-electron chi connectivity index (χ3n) is 5.94. The normalized spacial score (nSPS) is 19.4. The first-order chi connectivity index (χ1) is 15.5. The summed E-state index contributed by atoms with van der Waals surface area (Å²) in [5.74, 6) is -1.45. The molecular formula is C22H26FN5O3S. The number of nitrogens with one attached hydrogen (secondary N) is 2. The van der Waals surface area contributed by atoms with Gasteiger partial charge in [0.05, 0.1) is 5.92 Å². The molecule has 3 amide bonds. The molecule has 2 N–H and O–H groups in total. The van der Waals surface area contributed by atoms with Crippen LogP contribution in [0.25, 0.3) is 0 Å². The molecule has 1 aliphatic carbocycles. The zero-order chi connectivity index (χ0) is 22.5. The van der Waals surface area contributed by atoms with E-state index < -0.39 is 11.7 Å². The Morgan fingerprint density at radius 3 is 2.44 bits per heavy atom. The summed E-state index contributed by atoms with van der Waals surface area (Å²) in [6.07, 6.45) is 7.06. The van der Waals surface area contributed by atoms with Crippen LogP contribution in [0, 0.1) is 11.7 Å². The molecule has 2 aromatic rings. The van der Waals surface area contributed by atoms with E-state index in [1.807, 2.05) is 0 Å². The van der Waals surface area contributed by atoms with E-state index in [-0.39, 0.29) is 33.8 Å². The molecule has 1 aromatic heterocycles. The first-order valence-electron chi connectivity index (χ1n) is 11.0. The maximum Gasteiger partial charge on any atom is 0.286 e.